The minimum Gasteiger partial charge on any atom is -0.357 e. The fourth-order valence-electron chi connectivity index (χ4n) is 2.51. The van der Waals surface area contributed by atoms with E-state index in [0.29, 0.717) is 25.6 Å². The van der Waals surface area contributed by atoms with Crippen molar-refractivity contribution < 1.29 is 13.3 Å². The Balaban J connectivity index is 1.92. The summed E-state index contributed by atoms with van der Waals surface area (Å²) in [7, 11) is -3.84. The Bertz CT molecular complexity index is 976. The Morgan fingerprint density at radius 2 is 1.86 bits per heavy atom. The molecule has 29 heavy (non-hydrogen) atoms. The van der Waals surface area contributed by atoms with Gasteiger partial charge in [0.1, 0.15) is 0 Å². The molecule has 2 rings (SSSR count). The van der Waals surface area contributed by atoms with Crippen molar-refractivity contribution in [1.82, 2.24) is 15.4 Å². The molecule has 9 nitrogen and oxygen atoms in total. The van der Waals surface area contributed by atoms with E-state index in [4.69, 9.17) is 0 Å². The molecular weight excluding hydrogens is 394 g/mol. The number of nitrogens with zero attached hydrogens (tertiary/aromatic N) is 2. The van der Waals surface area contributed by atoms with Crippen molar-refractivity contribution in [3.05, 3.63) is 69.8 Å². The van der Waals surface area contributed by atoms with E-state index in [-0.39, 0.29) is 17.1 Å². The fraction of sp³-hybridized carbons (Fsp3) is 0.316. The van der Waals surface area contributed by atoms with Crippen molar-refractivity contribution in [2.24, 2.45) is 4.99 Å². The highest BCUT2D eigenvalue weighted by Gasteiger charge is 2.17. The maximum absolute atomic E-state index is 12.3. The Kier molecular flexibility index (Phi) is 8.10. The van der Waals surface area contributed by atoms with E-state index in [9.17, 15) is 18.5 Å². The van der Waals surface area contributed by atoms with Crippen LogP contribution in [-0.2, 0) is 16.6 Å². The van der Waals surface area contributed by atoms with E-state index >= 15 is 0 Å². The molecule has 0 aliphatic rings. The molecule has 0 radical (unpaired) electrons. The lowest BCUT2D eigenvalue weighted by atomic mass is 10.1. The van der Waals surface area contributed by atoms with Crippen molar-refractivity contribution in [3.63, 3.8) is 0 Å². The zero-order valence-electron chi connectivity index (χ0n) is 16.4. The lowest BCUT2D eigenvalue weighted by Gasteiger charge is -2.12. The van der Waals surface area contributed by atoms with Crippen molar-refractivity contribution in [1.29, 1.82) is 0 Å². The van der Waals surface area contributed by atoms with Crippen molar-refractivity contribution in [2.75, 3.05) is 19.6 Å². The van der Waals surface area contributed by atoms with Crippen LogP contribution in [0.2, 0.25) is 0 Å². The smallest absolute Gasteiger partial charge is 0.270 e. The van der Waals surface area contributed by atoms with Crippen LogP contribution in [0.5, 0.6) is 0 Å². The first-order valence-electron chi connectivity index (χ1n) is 9.14. The summed E-state index contributed by atoms with van der Waals surface area (Å²) in [5, 5.41) is 17.0. The standard InChI is InChI=1S/C19H25N5O4S/c1-3-20-19(22-14-16-8-5-4-7-15(16)2)21-11-12-23-29(27,28)18-10-6-9-17(13-18)24(25)26/h4-10,13,23H,3,11-12,14H2,1-2H3,(H2,20,21,22). The van der Waals surface area contributed by atoms with Crippen LogP contribution in [0.3, 0.4) is 0 Å². The number of benzene rings is 2. The van der Waals surface area contributed by atoms with Crippen molar-refractivity contribution >= 4 is 21.7 Å². The molecule has 0 aromatic heterocycles. The van der Waals surface area contributed by atoms with Gasteiger partial charge in [0.2, 0.25) is 10.0 Å². The molecule has 2 aromatic carbocycles. The molecule has 0 unspecified atom stereocenters. The van der Waals surface area contributed by atoms with Gasteiger partial charge in [0, 0.05) is 31.8 Å². The third kappa shape index (κ3) is 6.84. The lowest BCUT2D eigenvalue weighted by Crippen LogP contribution is -2.41. The van der Waals surface area contributed by atoms with E-state index < -0.39 is 14.9 Å². The van der Waals surface area contributed by atoms with Gasteiger partial charge in [-0.2, -0.15) is 0 Å². The average Bonchev–Trinajstić information content (AvgIpc) is 2.70. The van der Waals surface area contributed by atoms with E-state index in [1.54, 1.807) is 0 Å². The van der Waals surface area contributed by atoms with Crippen LogP contribution in [-0.4, -0.2) is 38.9 Å². The number of aryl methyl sites for hydroxylation is 1. The van der Waals surface area contributed by atoms with E-state index in [2.05, 4.69) is 20.3 Å². The number of non-ortho nitro benzene ring substituents is 1. The second-order valence-electron chi connectivity index (χ2n) is 6.20. The van der Waals surface area contributed by atoms with Gasteiger partial charge in [-0.1, -0.05) is 30.3 Å². The summed E-state index contributed by atoms with van der Waals surface area (Å²) in [5.41, 5.74) is 1.98. The third-order valence-electron chi connectivity index (χ3n) is 4.06. The first-order valence-corrected chi connectivity index (χ1v) is 10.6. The quantitative estimate of drug-likeness (QED) is 0.187. The predicted octanol–water partition coefficient (Wildman–Crippen LogP) is 1.94. The molecule has 0 aliphatic carbocycles. The highest BCUT2D eigenvalue weighted by molar-refractivity contribution is 7.89. The van der Waals surface area contributed by atoms with Crippen LogP contribution in [0, 0.1) is 17.0 Å². The molecule has 10 heteroatoms. The van der Waals surface area contributed by atoms with Crippen molar-refractivity contribution in [2.45, 2.75) is 25.3 Å². The summed E-state index contributed by atoms with van der Waals surface area (Å²) in [5.74, 6) is 0.574. The largest absolute Gasteiger partial charge is 0.357 e. The number of nitro groups is 1. The van der Waals surface area contributed by atoms with Crippen LogP contribution < -0.4 is 15.4 Å². The molecule has 0 amide bonds. The van der Waals surface area contributed by atoms with Crippen LogP contribution in [0.25, 0.3) is 0 Å². The van der Waals surface area contributed by atoms with Crippen LogP contribution in [0.15, 0.2) is 58.4 Å². The third-order valence-corrected chi connectivity index (χ3v) is 5.52. The molecule has 0 heterocycles. The van der Waals surface area contributed by atoms with Gasteiger partial charge in [-0.3, -0.25) is 10.1 Å². The van der Waals surface area contributed by atoms with Gasteiger partial charge in [-0.25, -0.2) is 18.1 Å². The topological polar surface area (TPSA) is 126 Å². The Hall–Kier alpha value is -2.98. The number of hydrogen-bond acceptors (Lipinski definition) is 5. The van der Waals surface area contributed by atoms with Crippen LogP contribution in [0.4, 0.5) is 5.69 Å². The molecule has 0 saturated carbocycles. The number of sulfonamides is 1. The van der Waals surface area contributed by atoms with Crippen LogP contribution in [0.1, 0.15) is 18.1 Å². The minimum atomic E-state index is -3.84. The number of aliphatic imine (C=N–C) groups is 1. The van der Waals surface area contributed by atoms with Crippen LogP contribution >= 0.6 is 0 Å². The second kappa shape index (κ2) is 10.5. The minimum absolute atomic E-state index is 0.0970. The highest BCUT2D eigenvalue weighted by atomic mass is 32.2. The lowest BCUT2D eigenvalue weighted by molar-refractivity contribution is -0.385. The van der Waals surface area contributed by atoms with E-state index in [1.807, 2.05) is 38.1 Å². The zero-order chi connectivity index (χ0) is 21.3. The van der Waals surface area contributed by atoms with Gasteiger partial charge in [0.25, 0.3) is 5.69 Å². The molecule has 0 fully saturated rings. The summed E-state index contributed by atoms with van der Waals surface area (Å²) in [6.07, 6.45) is 0. The SMILES string of the molecule is CCNC(=NCc1ccccc1C)NCCNS(=O)(=O)c1cccc([N+](=O)[O-])c1. The van der Waals surface area contributed by atoms with Gasteiger partial charge in [0.15, 0.2) is 5.96 Å². The van der Waals surface area contributed by atoms with E-state index in [1.165, 1.54) is 18.2 Å². The summed E-state index contributed by atoms with van der Waals surface area (Å²) in [4.78, 5) is 14.6. The number of nitrogens with one attached hydrogen (secondary N) is 3. The van der Waals surface area contributed by atoms with Gasteiger partial charge < -0.3 is 10.6 Å². The summed E-state index contributed by atoms with van der Waals surface area (Å²) in [6.45, 7) is 5.53. The Morgan fingerprint density at radius 3 is 2.55 bits per heavy atom. The van der Waals surface area contributed by atoms with E-state index in [0.717, 1.165) is 17.2 Å². The Labute approximate surface area is 170 Å². The molecule has 0 bridgehead atoms. The first kappa shape index (κ1) is 22.3. The first-order chi connectivity index (χ1) is 13.8. The van der Waals surface area contributed by atoms with Gasteiger partial charge in [-0.05, 0) is 31.0 Å². The normalized spacial score (nSPS) is 11.9. The molecule has 0 saturated heterocycles. The molecule has 0 atom stereocenters. The summed E-state index contributed by atoms with van der Waals surface area (Å²) < 4.78 is 27.1. The van der Waals surface area contributed by atoms with Gasteiger partial charge in [0.05, 0.1) is 16.4 Å². The maximum atomic E-state index is 12.3. The number of nitro benzene ring substituents is 1. The number of rotatable bonds is 9. The molecule has 2 aromatic rings. The molecular formula is C19H25N5O4S. The molecule has 156 valence electrons. The predicted molar refractivity (Wildman–Crippen MR) is 112 cm³/mol. The monoisotopic (exact) mass is 419 g/mol. The molecule has 3 N–H and O–H groups in total. The fourth-order valence-corrected chi connectivity index (χ4v) is 3.58. The van der Waals surface area contributed by atoms with Gasteiger partial charge >= 0.3 is 0 Å². The summed E-state index contributed by atoms with van der Waals surface area (Å²) in [6, 6.07) is 12.9. The molecule has 0 aliphatic heterocycles. The average molecular weight is 420 g/mol. The number of guanidine groups is 1. The number of hydrogen-bond donors (Lipinski definition) is 3. The highest BCUT2D eigenvalue weighted by Crippen LogP contribution is 2.16. The second-order valence-corrected chi connectivity index (χ2v) is 7.97. The van der Waals surface area contributed by atoms with Crippen molar-refractivity contribution in [3.8, 4) is 0 Å². The van der Waals surface area contributed by atoms with Gasteiger partial charge in [-0.15, -0.1) is 0 Å². The maximum Gasteiger partial charge on any atom is 0.270 e. The Morgan fingerprint density at radius 1 is 1.10 bits per heavy atom. The summed E-state index contributed by atoms with van der Waals surface area (Å²) >= 11 is 0. The molecule has 0 spiro atoms. The zero-order valence-corrected chi connectivity index (χ0v) is 17.2.